The molecule has 142 valence electrons. The summed E-state index contributed by atoms with van der Waals surface area (Å²) in [6, 6.07) is 2.64. The van der Waals surface area contributed by atoms with Crippen LogP contribution in [0.1, 0.15) is 24.0 Å². The average Bonchev–Trinajstić information content (AvgIpc) is 2.94. The summed E-state index contributed by atoms with van der Waals surface area (Å²) in [4.78, 5) is 10.4. The number of benzene rings is 1. The highest BCUT2D eigenvalue weighted by Crippen LogP contribution is 2.26. The number of sulfonamides is 1. The van der Waals surface area contributed by atoms with Gasteiger partial charge < -0.3 is 10.1 Å². The molecule has 0 bridgehead atoms. The number of nitro benzene ring substituents is 1. The van der Waals surface area contributed by atoms with Crippen LogP contribution in [0.3, 0.4) is 0 Å². The van der Waals surface area contributed by atoms with Crippen molar-refractivity contribution >= 4 is 28.1 Å². The molecule has 0 radical (unpaired) electrons. The molecule has 1 atom stereocenters. The zero-order valence-electron chi connectivity index (χ0n) is 14.5. The van der Waals surface area contributed by atoms with Crippen molar-refractivity contribution in [2.24, 2.45) is 0 Å². The number of hydrogen-bond donors (Lipinski definition) is 2. The molecule has 25 heavy (non-hydrogen) atoms. The first-order chi connectivity index (χ1) is 11.2. The van der Waals surface area contributed by atoms with Crippen molar-refractivity contribution in [1.29, 1.82) is 0 Å². The van der Waals surface area contributed by atoms with Crippen molar-refractivity contribution in [2.45, 2.75) is 37.1 Å². The van der Waals surface area contributed by atoms with E-state index in [0.29, 0.717) is 17.7 Å². The van der Waals surface area contributed by atoms with Gasteiger partial charge >= 0.3 is 0 Å². The second-order valence-corrected chi connectivity index (χ2v) is 7.96. The molecule has 2 rings (SSSR count). The van der Waals surface area contributed by atoms with Gasteiger partial charge in [-0.15, -0.1) is 12.4 Å². The minimum atomic E-state index is -3.86. The SMILES string of the molecule is COCC1(CNS(=O)(=O)c2cc([N+](=O)[O-])c(C)cc2C)CCCN1.Cl. The fraction of sp³-hybridized carbons (Fsp3) is 0.600. The Morgan fingerprint density at radius 3 is 2.56 bits per heavy atom. The Morgan fingerprint density at radius 1 is 1.36 bits per heavy atom. The Labute approximate surface area is 153 Å². The van der Waals surface area contributed by atoms with Crippen LogP contribution in [0.15, 0.2) is 17.0 Å². The molecule has 1 fully saturated rings. The van der Waals surface area contributed by atoms with E-state index >= 15 is 0 Å². The van der Waals surface area contributed by atoms with Crippen molar-refractivity contribution in [2.75, 3.05) is 26.8 Å². The van der Waals surface area contributed by atoms with Crippen LogP contribution in [-0.2, 0) is 14.8 Å². The van der Waals surface area contributed by atoms with E-state index in [1.54, 1.807) is 21.0 Å². The van der Waals surface area contributed by atoms with Gasteiger partial charge in [-0.1, -0.05) is 0 Å². The number of halogens is 1. The van der Waals surface area contributed by atoms with E-state index in [1.807, 2.05) is 0 Å². The van der Waals surface area contributed by atoms with Crippen molar-refractivity contribution < 1.29 is 18.1 Å². The lowest BCUT2D eigenvalue weighted by Crippen LogP contribution is -2.52. The lowest BCUT2D eigenvalue weighted by atomic mass is 9.99. The first-order valence-corrected chi connectivity index (χ1v) is 9.18. The lowest BCUT2D eigenvalue weighted by molar-refractivity contribution is -0.385. The van der Waals surface area contributed by atoms with Crippen LogP contribution in [0.25, 0.3) is 0 Å². The molecule has 1 aromatic rings. The molecule has 1 unspecified atom stereocenters. The monoisotopic (exact) mass is 393 g/mol. The summed E-state index contributed by atoms with van der Waals surface area (Å²) in [6.45, 7) is 4.59. The molecule has 1 aromatic carbocycles. The molecule has 1 aliphatic heterocycles. The van der Waals surface area contributed by atoms with Crippen LogP contribution >= 0.6 is 12.4 Å². The summed E-state index contributed by atoms with van der Waals surface area (Å²) in [5.41, 5.74) is 0.272. The standard InChI is InChI=1S/C15H23N3O5S.ClH/c1-11-7-12(2)14(8-13(11)18(19)20)24(21,22)17-9-15(10-23-3)5-4-6-16-15;/h7-8,16-17H,4-6,9-10H2,1-3H3;1H. The third kappa shape index (κ3) is 4.89. The van der Waals surface area contributed by atoms with Gasteiger partial charge in [0.15, 0.2) is 0 Å². The van der Waals surface area contributed by atoms with E-state index in [4.69, 9.17) is 4.74 Å². The highest BCUT2D eigenvalue weighted by atomic mass is 35.5. The van der Waals surface area contributed by atoms with Crippen LogP contribution in [0.5, 0.6) is 0 Å². The van der Waals surface area contributed by atoms with Crippen LogP contribution < -0.4 is 10.0 Å². The third-order valence-electron chi connectivity index (χ3n) is 4.33. The third-order valence-corrected chi connectivity index (χ3v) is 5.88. The fourth-order valence-corrected chi connectivity index (χ4v) is 4.46. The minimum absolute atomic E-state index is 0. The van der Waals surface area contributed by atoms with Crippen molar-refractivity contribution in [3.8, 4) is 0 Å². The van der Waals surface area contributed by atoms with E-state index in [2.05, 4.69) is 10.0 Å². The molecule has 1 aliphatic rings. The molecule has 8 nitrogen and oxygen atoms in total. The molecule has 2 N–H and O–H groups in total. The summed E-state index contributed by atoms with van der Waals surface area (Å²) in [6.07, 6.45) is 1.75. The molecular formula is C15H24ClN3O5S. The summed E-state index contributed by atoms with van der Waals surface area (Å²) < 4.78 is 33.1. The first-order valence-electron chi connectivity index (χ1n) is 7.70. The number of hydrogen-bond acceptors (Lipinski definition) is 6. The van der Waals surface area contributed by atoms with Gasteiger partial charge in [-0.3, -0.25) is 10.1 Å². The number of rotatable bonds is 7. The highest BCUT2D eigenvalue weighted by molar-refractivity contribution is 7.89. The van der Waals surface area contributed by atoms with Gasteiger partial charge in [-0.25, -0.2) is 13.1 Å². The van der Waals surface area contributed by atoms with Gasteiger partial charge in [-0.2, -0.15) is 0 Å². The van der Waals surface area contributed by atoms with E-state index in [-0.39, 0.29) is 29.5 Å². The normalized spacial score (nSPS) is 20.3. The van der Waals surface area contributed by atoms with E-state index in [9.17, 15) is 18.5 Å². The molecule has 10 heteroatoms. The number of aryl methyl sites for hydroxylation is 2. The molecule has 1 heterocycles. The molecule has 0 aliphatic carbocycles. The highest BCUT2D eigenvalue weighted by Gasteiger charge is 2.35. The average molecular weight is 394 g/mol. The zero-order valence-corrected chi connectivity index (χ0v) is 16.1. The van der Waals surface area contributed by atoms with E-state index in [0.717, 1.165) is 25.5 Å². The lowest BCUT2D eigenvalue weighted by Gasteiger charge is -2.29. The molecule has 0 saturated carbocycles. The van der Waals surface area contributed by atoms with Gasteiger partial charge in [0.2, 0.25) is 10.0 Å². The Morgan fingerprint density at radius 2 is 2.04 bits per heavy atom. The largest absolute Gasteiger partial charge is 0.383 e. The maximum absolute atomic E-state index is 12.6. The quantitative estimate of drug-likeness (QED) is 0.538. The van der Waals surface area contributed by atoms with E-state index in [1.165, 1.54) is 6.07 Å². The predicted octanol–water partition coefficient (Wildman–Crippen LogP) is 1.68. The zero-order chi connectivity index (χ0) is 18.0. The van der Waals surface area contributed by atoms with Gasteiger partial charge in [0.25, 0.3) is 5.69 Å². The van der Waals surface area contributed by atoms with Crippen LogP contribution in [0.4, 0.5) is 5.69 Å². The van der Waals surface area contributed by atoms with Crippen molar-refractivity contribution in [1.82, 2.24) is 10.0 Å². The first kappa shape index (κ1) is 21.8. The maximum Gasteiger partial charge on any atom is 0.273 e. The second-order valence-electron chi connectivity index (χ2n) is 6.23. The molecular weight excluding hydrogens is 370 g/mol. The second kappa shape index (κ2) is 8.41. The predicted molar refractivity (Wildman–Crippen MR) is 96.9 cm³/mol. The summed E-state index contributed by atoms with van der Waals surface area (Å²) >= 11 is 0. The van der Waals surface area contributed by atoms with E-state index < -0.39 is 20.5 Å². The van der Waals surface area contributed by atoms with Crippen molar-refractivity contribution in [3.05, 3.63) is 33.4 Å². The molecule has 0 amide bonds. The number of nitrogens with zero attached hydrogens (tertiary/aromatic N) is 1. The Bertz CT molecular complexity index is 733. The smallest absolute Gasteiger partial charge is 0.273 e. The molecule has 0 spiro atoms. The Hall–Kier alpha value is -1.26. The topological polar surface area (TPSA) is 111 Å². The molecule has 0 aromatic heterocycles. The van der Waals surface area contributed by atoms with Gasteiger partial charge in [0.1, 0.15) is 0 Å². The number of nitro groups is 1. The maximum atomic E-state index is 12.6. The van der Waals surface area contributed by atoms with Crippen LogP contribution in [0, 0.1) is 24.0 Å². The summed E-state index contributed by atoms with van der Waals surface area (Å²) in [5, 5.41) is 14.4. The summed E-state index contributed by atoms with van der Waals surface area (Å²) in [5.74, 6) is 0. The molecule has 1 saturated heterocycles. The number of nitrogens with one attached hydrogen (secondary N) is 2. The Balaban J connectivity index is 0.00000312. The summed E-state index contributed by atoms with van der Waals surface area (Å²) in [7, 11) is -2.28. The van der Waals surface area contributed by atoms with Gasteiger partial charge in [0, 0.05) is 25.3 Å². The van der Waals surface area contributed by atoms with Crippen LogP contribution in [0.2, 0.25) is 0 Å². The van der Waals surface area contributed by atoms with Gasteiger partial charge in [-0.05, 0) is 44.9 Å². The van der Waals surface area contributed by atoms with Crippen LogP contribution in [-0.4, -0.2) is 45.7 Å². The fourth-order valence-electron chi connectivity index (χ4n) is 3.09. The van der Waals surface area contributed by atoms with Gasteiger partial charge in [0.05, 0.1) is 22.0 Å². The number of ether oxygens (including phenoxy) is 1. The number of methoxy groups -OCH3 is 1. The minimum Gasteiger partial charge on any atom is -0.383 e. The van der Waals surface area contributed by atoms with Crippen molar-refractivity contribution in [3.63, 3.8) is 0 Å². The Kier molecular flexibility index (Phi) is 7.33.